The summed E-state index contributed by atoms with van der Waals surface area (Å²) in [6, 6.07) is 4.94. The second kappa shape index (κ2) is 3.30. The Balaban J connectivity index is 2.51. The molecule has 1 aromatic rings. The van der Waals surface area contributed by atoms with Crippen LogP contribution in [0.25, 0.3) is 5.57 Å². The first-order valence-corrected chi connectivity index (χ1v) is 4.49. The second-order valence-electron chi connectivity index (χ2n) is 3.27. The molecule has 13 heavy (non-hydrogen) atoms. The molecule has 0 atom stereocenters. The minimum absolute atomic E-state index is 0.181. The van der Waals surface area contributed by atoms with Gasteiger partial charge in [-0.1, -0.05) is 12.1 Å². The zero-order valence-electron chi connectivity index (χ0n) is 7.39. The van der Waals surface area contributed by atoms with Gasteiger partial charge in [0.05, 0.1) is 0 Å². The lowest BCUT2D eigenvalue weighted by atomic mass is 9.91. The quantitative estimate of drug-likeness (QED) is 0.698. The van der Waals surface area contributed by atoms with Crippen molar-refractivity contribution in [3.63, 3.8) is 0 Å². The number of rotatable bonds is 1. The van der Waals surface area contributed by atoms with E-state index in [9.17, 15) is 4.39 Å². The number of allylic oxidation sites excluding steroid dienone is 1. The van der Waals surface area contributed by atoms with Crippen LogP contribution in [0.15, 0.2) is 24.3 Å². The third kappa shape index (κ3) is 1.49. The van der Waals surface area contributed by atoms with E-state index in [1.54, 1.807) is 6.07 Å². The Morgan fingerprint density at radius 2 is 2.23 bits per heavy atom. The van der Waals surface area contributed by atoms with Crippen LogP contribution in [0.3, 0.4) is 0 Å². The average Bonchev–Trinajstić information content (AvgIpc) is 2.17. The van der Waals surface area contributed by atoms with Gasteiger partial charge in [-0.25, -0.2) is 4.39 Å². The molecule has 0 fully saturated rings. The molecule has 0 saturated carbocycles. The summed E-state index contributed by atoms with van der Waals surface area (Å²) in [5.74, 6) is -0.181. The fourth-order valence-corrected chi connectivity index (χ4v) is 1.77. The summed E-state index contributed by atoms with van der Waals surface area (Å²) in [7, 11) is 0. The van der Waals surface area contributed by atoms with Crippen molar-refractivity contribution in [3.05, 3.63) is 41.2 Å². The second-order valence-corrected chi connectivity index (χ2v) is 3.27. The SMILES string of the molecule is NCC1=CCCc2ccc(F)cc21. The van der Waals surface area contributed by atoms with Gasteiger partial charge in [0.25, 0.3) is 0 Å². The monoisotopic (exact) mass is 177 g/mol. The van der Waals surface area contributed by atoms with Crippen LogP contribution in [-0.4, -0.2) is 6.54 Å². The number of hydrogen-bond acceptors (Lipinski definition) is 1. The highest BCUT2D eigenvalue weighted by Gasteiger charge is 2.11. The first kappa shape index (κ1) is 8.45. The molecule has 0 unspecified atom stereocenters. The number of halogens is 1. The molecule has 2 N–H and O–H groups in total. The normalized spacial score (nSPS) is 15.1. The zero-order chi connectivity index (χ0) is 9.26. The summed E-state index contributed by atoms with van der Waals surface area (Å²) < 4.78 is 12.9. The lowest BCUT2D eigenvalue weighted by Gasteiger charge is -2.16. The van der Waals surface area contributed by atoms with E-state index in [2.05, 4.69) is 6.08 Å². The molecule has 0 spiro atoms. The summed E-state index contributed by atoms with van der Waals surface area (Å²) in [6.45, 7) is 0.496. The molecule has 0 aliphatic heterocycles. The van der Waals surface area contributed by atoms with Gasteiger partial charge in [0, 0.05) is 6.54 Å². The molecule has 2 rings (SSSR count). The van der Waals surface area contributed by atoms with Gasteiger partial charge in [0.15, 0.2) is 0 Å². The van der Waals surface area contributed by atoms with Crippen molar-refractivity contribution in [2.75, 3.05) is 6.54 Å². The lowest BCUT2D eigenvalue weighted by Crippen LogP contribution is -2.08. The van der Waals surface area contributed by atoms with E-state index in [1.165, 1.54) is 11.6 Å². The van der Waals surface area contributed by atoms with Crippen molar-refractivity contribution in [1.82, 2.24) is 0 Å². The van der Waals surface area contributed by atoms with Crippen LogP contribution in [0.2, 0.25) is 0 Å². The van der Waals surface area contributed by atoms with Crippen LogP contribution in [-0.2, 0) is 6.42 Å². The van der Waals surface area contributed by atoms with Gasteiger partial charge >= 0.3 is 0 Å². The predicted octanol–water partition coefficient (Wildman–Crippen LogP) is 2.11. The van der Waals surface area contributed by atoms with Crippen molar-refractivity contribution in [1.29, 1.82) is 0 Å². The third-order valence-electron chi connectivity index (χ3n) is 2.44. The standard InChI is InChI=1S/C11H12FN/c12-10-5-4-8-2-1-3-9(7-13)11(8)6-10/h3-6H,1-2,7,13H2. The molecule has 0 bridgehead atoms. The van der Waals surface area contributed by atoms with Crippen molar-refractivity contribution in [2.45, 2.75) is 12.8 Å². The van der Waals surface area contributed by atoms with Gasteiger partial charge in [-0.3, -0.25) is 0 Å². The van der Waals surface area contributed by atoms with Crippen LogP contribution in [0.5, 0.6) is 0 Å². The van der Waals surface area contributed by atoms with E-state index in [1.807, 2.05) is 6.07 Å². The Morgan fingerprint density at radius 3 is 3.00 bits per heavy atom. The number of benzene rings is 1. The van der Waals surface area contributed by atoms with Gasteiger partial charge in [-0.15, -0.1) is 0 Å². The van der Waals surface area contributed by atoms with Crippen LogP contribution in [0.4, 0.5) is 4.39 Å². The van der Waals surface area contributed by atoms with E-state index >= 15 is 0 Å². The zero-order valence-corrected chi connectivity index (χ0v) is 7.39. The fraction of sp³-hybridized carbons (Fsp3) is 0.273. The molecular formula is C11H12FN. The minimum atomic E-state index is -0.181. The van der Waals surface area contributed by atoms with Gasteiger partial charge in [0.1, 0.15) is 5.82 Å². The molecule has 0 aromatic heterocycles. The average molecular weight is 177 g/mol. The highest BCUT2D eigenvalue weighted by atomic mass is 19.1. The lowest BCUT2D eigenvalue weighted by molar-refractivity contribution is 0.626. The summed E-state index contributed by atoms with van der Waals surface area (Å²) in [6.07, 6.45) is 4.12. The van der Waals surface area contributed by atoms with Crippen molar-refractivity contribution in [3.8, 4) is 0 Å². The van der Waals surface area contributed by atoms with E-state index in [4.69, 9.17) is 5.73 Å². The van der Waals surface area contributed by atoms with Crippen LogP contribution < -0.4 is 5.73 Å². The molecular weight excluding hydrogens is 165 g/mol. The predicted molar refractivity (Wildman–Crippen MR) is 51.8 cm³/mol. The molecule has 2 heteroatoms. The minimum Gasteiger partial charge on any atom is -0.326 e. The molecule has 0 radical (unpaired) electrons. The Hall–Kier alpha value is -1.15. The fourth-order valence-electron chi connectivity index (χ4n) is 1.77. The summed E-state index contributed by atoms with van der Waals surface area (Å²) in [4.78, 5) is 0. The van der Waals surface area contributed by atoms with Gasteiger partial charge in [-0.2, -0.15) is 0 Å². The van der Waals surface area contributed by atoms with Crippen molar-refractivity contribution >= 4 is 5.57 Å². The molecule has 0 amide bonds. The Kier molecular flexibility index (Phi) is 2.15. The van der Waals surface area contributed by atoms with Crippen molar-refractivity contribution in [2.24, 2.45) is 5.73 Å². The first-order chi connectivity index (χ1) is 6.31. The molecule has 68 valence electrons. The van der Waals surface area contributed by atoms with Gasteiger partial charge < -0.3 is 5.73 Å². The van der Waals surface area contributed by atoms with Gasteiger partial charge in [-0.05, 0) is 41.7 Å². The Bertz CT molecular complexity index is 355. The third-order valence-corrected chi connectivity index (χ3v) is 2.44. The Labute approximate surface area is 77.1 Å². The van der Waals surface area contributed by atoms with E-state index in [-0.39, 0.29) is 5.82 Å². The van der Waals surface area contributed by atoms with E-state index < -0.39 is 0 Å². The maximum atomic E-state index is 12.9. The Morgan fingerprint density at radius 1 is 1.38 bits per heavy atom. The molecule has 0 saturated heterocycles. The number of nitrogens with two attached hydrogens (primary N) is 1. The molecule has 1 aliphatic carbocycles. The van der Waals surface area contributed by atoms with Crippen molar-refractivity contribution < 1.29 is 4.39 Å². The summed E-state index contributed by atoms with van der Waals surface area (Å²) >= 11 is 0. The van der Waals surface area contributed by atoms with Crippen LogP contribution >= 0.6 is 0 Å². The summed E-state index contributed by atoms with van der Waals surface area (Å²) in [5.41, 5.74) is 8.85. The molecule has 1 aliphatic rings. The van der Waals surface area contributed by atoms with E-state index in [0.717, 1.165) is 24.0 Å². The molecule has 0 heterocycles. The number of hydrogen-bond donors (Lipinski definition) is 1. The highest BCUT2D eigenvalue weighted by Crippen LogP contribution is 2.26. The van der Waals surface area contributed by atoms with Gasteiger partial charge in [0.2, 0.25) is 0 Å². The van der Waals surface area contributed by atoms with Crippen LogP contribution in [0.1, 0.15) is 17.5 Å². The highest BCUT2D eigenvalue weighted by molar-refractivity contribution is 5.71. The topological polar surface area (TPSA) is 26.0 Å². The van der Waals surface area contributed by atoms with Crippen LogP contribution in [0, 0.1) is 5.82 Å². The number of aryl methyl sites for hydroxylation is 1. The largest absolute Gasteiger partial charge is 0.326 e. The molecule has 1 nitrogen and oxygen atoms in total. The summed E-state index contributed by atoms with van der Waals surface area (Å²) in [5, 5.41) is 0. The smallest absolute Gasteiger partial charge is 0.123 e. The first-order valence-electron chi connectivity index (χ1n) is 4.49. The molecule has 1 aromatic carbocycles. The maximum Gasteiger partial charge on any atom is 0.123 e. The maximum absolute atomic E-state index is 12.9. The number of fused-ring (bicyclic) bond motifs is 1. The van der Waals surface area contributed by atoms with E-state index in [0.29, 0.717) is 6.54 Å².